The van der Waals surface area contributed by atoms with E-state index in [4.69, 9.17) is 9.47 Å². The fraction of sp³-hybridized carbons (Fsp3) is 0.364. The fourth-order valence-corrected chi connectivity index (χ4v) is 2.58. The summed E-state index contributed by atoms with van der Waals surface area (Å²) in [6, 6.07) is 13.3. The van der Waals surface area contributed by atoms with Gasteiger partial charge in [-0.3, -0.25) is 20.4 Å². The van der Waals surface area contributed by atoms with E-state index in [0.717, 1.165) is 11.1 Å². The predicted molar refractivity (Wildman–Crippen MR) is 108 cm³/mol. The second kappa shape index (κ2) is 9.26. The van der Waals surface area contributed by atoms with E-state index >= 15 is 0 Å². The average molecular weight is 384 g/mol. The highest BCUT2D eigenvalue weighted by Crippen LogP contribution is 2.24. The summed E-state index contributed by atoms with van der Waals surface area (Å²) in [6.45, 7) is 9.90. The minimum absolute atomic E-state index is 0.0550. The zero-order chi connectivity index (χ0) is 20.7. The zero-order valence-electron chi connectivity index (χ0n) is 17.1. The highest BCUT2D eigenvalue weighted by molar-refractivity contribution is 5.83. The van der Waals surface area contributed by atoms with Crippen LogP contribution in [0.15, 0.2) is 42.5 Å². The lowest BCUT2D eigenvalue weighted by Gasteiger charge is -2.19. The maximum Gasteiger partial charge on any atom is 0.276 e. The summed E-state index contributed by atoms with van der Waals surface area (Å²) in [7, 11) is 0. The number of carbonyl (C=O) groups excluding carboxylic acids is 2. The van der Waals surface area contributed by atoms with Crippen molar-refractivity contribution < 1.29 is 19.1 Å². The molecule has 0 aliphatic heterocycles. The first-order valence-electron chi connectivity index (χ1n) is 9.15. The molecule has 28 heavy (non-hydrogen) atoms. The van der Waals surface area contributed by atoms with Crippen LogP contribution < -0.4 is 20.3 Å². The number of amides is 2. The molecule has 0 aromatic heterocycles. The van der Waals surface area contributed by atoms with Crippen LogP contribution in [0, 0.1) is 13.8 Å². The van der Waals surface area contributed by atoms with Crippen LogP contribution in [0.2, 0.25) is 0 Å². The van der Waals surface area contributed by atoms with Gasteiger partial charge in [-0.25, -0.2) is 0 Å². The van der Waals surface area contributed by atoms with E-state index in [9.17, 15) is 9.59 Å². The minimum atomic E-state index is -0.459. The lowest BCUT2D eigenvalue weighted by atomic mass is 9.87. The van der Waals surface area contributed by atoms with Crippen LogP contribution in [-0.2, 0) is 15.0 Å². The van der Waals surface area contributed by atoms with Crippen LogP contribution in [0.4, 0.5) is 0 Å². The SMILES string of the molecule is Cc1cc(C)cc(OCC(=O)NNC(=O)COc2ccc(C(C)(C)C)cc2)c1. The molecule has 2 aromatic rings. The van der Waals surface area contributed by atoms with Crippen molar-refractivity contribution in [2.45, 2.75) is 40.0 Å². The average Bonchev–Trinajstić information content (AvgIpc) is 2.62. The standard InChI is InChI=1S/C22H28N2O4/c1-15-10-16(2)12-19(11-15)28-14-21(26)24-23-20(25)13-27-18-8-6-17(7-9-18)22(3,4)5/h6-12H,13-14H2,1-5H3,(H,23,25)(H,24,26). The first-order chi connectivity index (χ1) is 13.1. The van der Waals surface area contributed by atoms with Gasteiger partial charge in [-0.1, -0.05) is 39.0 Å². The van der Waals surface area contributed by atoms with Crippen LogP contribution in [-0.4, -0.2) is 25.0 Å². The van der Waals surface area contributed by atoms with Gasteiger partial charge in [-0.05, 0) is 60.2 Å². The van der Waals surface area contributed by atoms with Gasteiger partial charge in [-0.2, -0.15) is 0 Å². The van der Waals surface area contributed by atoms with Gasteiger partial charge >= 0.3 is 0 Å². The van der Waals surface area contributed by atoms with Crippen LogP contribution in [0.3, 0.4) is 0 Å². The van der Waals surface area contributed by atoms with Crippen molar-refractivity contribution in [3.8, 4) is 11.5 Å². The van der Waals surface area contributed by atoms with Crippen molar-refractivity contribution in [3.05, 3.63) is 59.2 Å². The first-order valence-corrected chi connectivity index (χ1v) is 9.15. The summed E-state index contributed by atoms with van der Waals surface area (Å²) in [4.78, 5) is 23.6. The Kier molecular flexibility index (Phi) is 7.04. The Morgan fingerprint density at radius 3 is 1.71 bits per heavy atom. The van der Waals surface area contributed by atoms with Crippen molar-refractivity contribution in [2.75, 3.05) is 13.2 Å². The van der Waals surface area contributed by atoms with Gasteiger partial charge < -0.3 is 9.47 Å². The summed E-state index contributed by atoms with van der Waals surface area (Å²) in [6.07, 6.45) is 0. The third-order valence-corrected chi connectivity index (χ3v) is 4.00. The smallest absolute Gasteiger partial charge is 0.276 e. The number of benzene rings is 2. The molecule has 2 N–H and O–H groups in total. The number of nitrogens with one attached hydrogen (secondary N) is 2. The number of rotatable bonds is 6. The molecule has 6 nitrogen and oxygen atoms in total. The number of carbonyl (C=O) groups is 2. The first kappa shape index (κ1) is 21.3. The summed E-state index contributed by atoms with van der Waals surface area (Å²) in [5.41, 5.74) is 7.95. The Balaban J connectivity index is 1.71. The van der Waals surface area contributed by atoms with E-state index in [-0.39, 0.29) is 18.6 Å². The Morgan fingerprint density at radius 2 is 1.25 bits per heavy atom. The van der Waals surface area contributed by atoms with Crippen LogP contribution in [0.25, 0.3) is 0 Å². The normalized spacial score (nSPS) is 10.9. The zero-order valence-corrected chi connectivity index (χ0v) is 17.1. The van der Waals surface area contributed by atoms with Crippen LogP contribution in [0.1, 0.15) is 37.5 Å². The second-order valence-electron chi connectivity index (χ2n) is 7.77. The quantitative estimate of drug-likeness (QED) is 0.750. The van der Waals surface area contributed by atoms with E-state index in [1.54, 1.807) is 0 Å². The molecule has 6 heteroatoms. The lowest BCUT2D eigenvalue weighted by molar-refractivity contribution is -0.131. The number of ether oxygens (including phenoxy) is 2. The highest BCUT2D eigenvalue weighted by atomic mass is 16.5. The molecule has 0 saturated carbocycles. The molecule has 0 aliphatic rings. The lowest BCUT2D eigenvalue weighted by Crippen LogP contribution is -2.45. The van der Waals surface area contributed by atoms with E-state index in [1.165, 1.54) is 5.56 Å². The number of hydrogen-bond donors (Lipinski definition) is 2. The van der Waals surface area contributed by atoms with Gasteiger partial charge in [0.15, 0.2) is 13.2 Å². The molecule has 0 spiro atoms. The molecule has 0 atom stereocenters. The molecule has 0 aliphatic carbocycles. The van der Waals surface area contributed by atoms with E-state index < -0.39 is 11.8 Å². The molecule has 0 radical (unpaired) electrons. The third-order valence-electron chi connectivity index (χ3n) is 4.00. The van der Waals surface area contributed by atoms with Crippen molar-refractivity contribution in [1.29, 1.82) is 0 Å². The fourth-order valence-electron chi connectivity index (χ4n) is 2.58. The number of aryl methyl sites for hydroxylation is 2. The van der Waals surface area contributed by atoms with Gasteiger partial charge in [0, 0.05) is 0 Å². The van der Waals surface area contributed by atoms with Gasteiger partial charge in [0.05, 0.1) is 0 Å². The maximum atomic E-state index is 11.8. The molecule has 2 amide bonds. The summed E-state index contributed by atoms with van der Waals surface area (Å²) in [5, 5.41) is 0. The Bertz CT molecular complexity index is 803. The number of hydrazine groups is 1. The molecule has 0 heterocycles. The molecule has 150 valence electrons. The third kappa shape index (κ3) is 6.95. The maximum absolute atomic E-state index is 11.8. The molecular weight excluding hydrogens is 356 g/mol. The largest absolute Gasteiger partial charge is 0.484 e. The second-order valence-corrected chi connectivity index (χ2v) is 7.77. The molecule has 2 rings (SSSR count). The van der Waals surface area contributed by atoms with Crippen LogP contribution >= 0.6 is 0 Å². The summed E-state index contributed by atoms with van der Waals surface area (Å²) >= 11 is 0. The number of hydrogen-bond acceptors (Lipinski definition) is 4. The Morgan fingerprint density at radius 1 is 0.786 bits per heavy atom. The van der Waals surface area contributed by atoms with Crippen molar-refractivity contribution >= 4 is 11.8 Å². The minimum Gasteiger partial charge on any atom is -0.484 e. The molecular formula is C22H28N2O4. The van der Waals surface area contributed by atoms with E-state index in [2.05, 4.69) is 31.6 Å². The molecule has 0 fully saturated rings. The Hall–Kier alpha value is -3.02. The van der Waals surface area contributed by atoms with Crippen LogP contribution in [0.5, 0.6) is 11.5 Å². The predicted octanol–water partition coefficient (Wildman–Crippen LogP) is 3.21. The van der Waals surface area contributed by atoms with Crippen molar-refractivity contribution in [1.82, 2.24) is 10.9 Å². The van der Waals surface area contributed by atoms with E-state index in [1.807, 2.05) is 56.3 Å². The van der Waals surface area contributed by atoms with Gasteiger partial charge in [0.1, 0.15) is 11.5 Å². The highest BCUT2D eigenvalue weighted by Gasteiger charge is 2.13. The summed E-state index contributed by atoms with van der Waals surface area (Å²) < 4.78 is 10.9. The van der Waals surface area contributed by atoms with E-state index in [0.29, 0.717) is 11.5 Å². The molecule has 2 aromatic carbocycles. The monoisotopic (exact) mass is 384 g/mol. The van der Waals surface area contributed by atoms with Gasteiger partial charge in [0.25, 0.3) is 11.8 Å². The van der Waals surface area contributed by atoms with Crippen molar-refractivity contribution in [3.63, 3.8) is 0 Å². The van der Waals surface area contributed by atoms with Gasteiger partial charge in [-0.15, -0.1) is 0 Å². The Labute approximate surface area is 166 Å². The van der Waals surface area contributed by atoms with Gasteiger partial charge in [0.2, 0.25) is 0 Å². The molecule has 0 saturated heterocycles. The topological polar surface area (TPSA) is 76.7 Å². The summed E-state index contributed by atoms with van der Waals surface area (Å²) in [5.74, 6) is 0.287. The van der Waals surface area contributed by atoms with Crippen molar-refractivity contribution in [2.24, 2.45) is 0 Å². The molecule has 0 unspecified atom stereocenters. The molecule has 0 bridgehead atoms.